The van der Waals surface area contributed by atoms with E-state index in [1.807, 2.05) is 0 Å². The molecular weight excluding hydrogens is 214 g/mol. The number of hydrogen-bond acceptors (Lipinski definition) is 5. The number of methoxy groups -OCH3 is 1. The van der Waals surface area contributed by atoms with E-state index in [9.17, 15) is 20.0 Å². The van der Waals surface area contributed by atoms with Crippen LogP contribution >= 0.6 is 0 Å². The smallest absolute Gasteiger partial charge is 0.308 e. The number of aliphatic hydroxyl groups excluding tert-OH is 1. The molecule has 0 aliphatic carbocycles. The fourth-order valence-electron chi connectivity index (χ4n) is 1.20. The molecule has 0 spiro atoms. The van der Waals surface area contributed by atoms with Gasteiger partial charge in [-0.25, -0.2) is 0 Å². The van der Waals surface area contributed by atoms with Gasteiger partial charge in [-0.3, -0.25) is 14.9 Å². The fraction of sp³-hybridized carbons (Fsp3) is 0.300. The predicted molar refractivity (Wildman–Crippen MR) is 54.7 cm³/mol. The molecule has 1 rings (SSSR count). The molecule has 0 radical (unpaired) electrons. The number of benzene rings is 1. The first kappa shape index (κ1) is 12.1. The maximum Gasteiger partial charge on any atom is 0.308 e. The number of carbonyl (C=O) groups is 1. The number of carbonyl (C=O) groups excluding carboxylic acids is 1. The van der Waals surface area contributed by atoms with E-state index in [2.05, 4.69) is 4.74 Å². The second kappa shape index (κ2) is 5.22. The Hall–Kier alpha value is -1.95. The highest BCUT2D eigenvalue weighted by atomic mass is 16.6. The zero-order chi connectivity index (χ0) is 12.1. The molecule has 6 nitrogen and oxygen atoms in total. The van der Waals surface area contributed by atoms with Crippen molar-refractivity contribution in [2.45, 2.75) is 12.5 Å². The van der Waals surface area contributed by atoms with Crippen LogP contribution in [0.4, 0.5) is 5.69 Å². The van der Waals surface area contributed by atoms with Gasteiger partial charge in [0, 0.05) is 12.1 Å². The zero-order valence-corrected chi connectivity index (χ0v) is 8.62. The SMILES string of the molecule is COC(=O)C[C@H](O)c1cccc([N+](=O)[O-])c1. The van der Waals surface area contributed by atoms with Gasteiger partial charge in [-0.15, -0.1) is 0 Å². The quantitative estimate of drug-likeness (QED) is 0.472. The Balaban J connectivity index is 2.83. The van der Waals surface area contributed by atoms with Gasteiger partial charge < -0.3 is 9.84 Å². The Morgan fingerprint density at radius 2 is 2.31 bits per heavy atom. The largest absolute Gasteiger partial charge is 0.469 e. The number of non-ortho nitro benzene ring substituents is 1. The van der Waals surface area contributed by atoms with E-state index >= 15 is 0 Å². The van der Waals surface area contributed by atoms with E-state index in [-0.39, 0.29) is 12.1 Å². The molecule has 0 fully saturated rings. The third kappa shape index (κ3) is 3.03. The van der Waals surface area contributed by atoms with E-state index < -0.39 is 17.0 Å². The first-order valence-electron chi connectivity index (χ1n) is 4.54. The molecule has 1 aromatic rings. The molecule has 1 N–H and O–H groups in total. The summed E-state index contributed by atoms with van der Waals surface area (Å²) in [5.74, 6) is -0.570. The number of rotatable bonds is 4. The minimum Gasteiger partial charge on any atom is -0.469 e. The minimum absolute atomic E-state index is 0.124. The molecule has 6 heteroatoms. The first-order chi connectivity index (χ1) is 7.54. The first-order valence-corrected chi connectivity index (χ1v) is 4.54. The lowest BCUT2D eigenvalue weighted by Gasteiger charge is -2.08. The van der Waals surface area contributed by atoms with Crippen LogP contribution in [0, 0.1) is 10.1 Å². The van der Waals surface area contributed by atoms with Crippen molar-refractivity contribution in [1.82, 2.24) is 0 Å². The van der Waals surface area contributed by atoms with Crippen molar-refractivity contribution in [2.24, 2.45) is 0 Å². The van der Waals surface area contributed by atoms with Crippen LogP contribution < -0.4 is 0 Å². The van der Waals surface area contributed by atoms with Crippen LogP contribution in [0.5, 0.6) is 0 Å². The van der Waals surface area contributed by atoms with E-state index in [1.165, 1.54) is 31.4 Å². The molecule has 0 saturated heterocycles. The highest BCUT2D eigenvalue weighted by Crippen LogP contribution is 2.21. The van der Waals surface area contributed by atoms with Gasteiger partial charge in [0.05, 0.1) is 24.6 Å². The lowest BCUT2D eigenvalue weighted by Crippen LogP contribution is -2.08. The van der Waals surface area contributed by atoms with Crippen molar-refractivity contribution in [3.63, 3.8) is 0 Å². The Bertz CT molecular complexity index is 404. The Morgan fingerprint density at radius 3 is 2.88 bits per heavy atom. The number of esters is 1. The highest BCUT2D eigenvalue weighted by molar-refractivity contribution is 5.70. The predicted octanol–water partition coefficient (Wildman–Crippen LogP) is 1.19. The lowest BCUT2D eigenvalue weighted by molar-refractivity contribution is -0.385. The van der Waals surface area contributed by atoms with Crippen molar-refractivity contribution in [2.75, 3.05) is 7.11 Å². The van der Waals surface area contributed by atoms with E-state index in [1.54, 1.807) is 0 Å². The zero-order valence-electron chi connectivity index (χ0n) is 8.62. The molecule has 1 atom stereocenters. The Morgan fingerprint density at radius 1 is 1.62 bits per heavy atom. The molecule has 0 bridgehead atoms. The van der Waals surface area contributed by atoms with Crippen LogP contribution in [0.2, 0.25) is 0 Å². The molecule has 0 heterocycles. The van der Waals surface area contributed by atoms with Crippen molar-refractivity contribution in [1.29, 1.82) is 0 Å². The third-order valence-corrected chi connectivity index (χ3v) is 2.05. The highest BCUT2D eigenvalue weighted by Gasteiger charge is 2.15. The van der Waals surface area contributed by atoms with Gasteiger partial charge in [0.15, 0.2) is 0 Å². The average molecular weight is 225 g/mol. The van der Waals surface area contributed by atoms with Crippen molar-refractivity contribution < 1.29 is 19.6 Å². The summed E-state index contributed by atoms with van der Waals surface area (Å²) in [7, 11) is 1.21. The van der Waals surface area contributed by atoms with Gasteiger partial charge in [0.1, 0.15) is 0 Å². The standard InChI is InChI=1S/C10H11NO5/c1-16-10(13)6-9(12)7-3-2-4-8(5-7)11(14)15/h2-5,9,12H,6H2,1H3/t9-/m0/s1. The maximum atomic E-state index is 10.9. The second-order valence-corrected chi connectivity index (χ2v) is 3.15. The van der Waals surface area contributed by atoms with Crippen LogP contribution in [-0.2, 0) is 9.53 Å². The van der Waals surface area contributed by atoms with Gasteiger partial charge in [0.2, 0.25) is 0 Å². The van der Waals surface area contributed by atoms with Gasteiger partial charge in [0.25, 0.3) is 5.69 Å². The molecule has 0 aliphatic heterocycles. The van der Waals surface area contributed by atoms with Gasteiger partial charge in [-0.2, -0.15) is 0 Å². The second-order valence-electron chi connectivity index (χ2n) is 3.15. The summed E-state index contributed by atoms with van der Waals surface area (Å²) in [5.41, 5.74) is 0.195. The van der Waals surface area contributed by atoms with Crippen molar-refractivity contribution in [3.05, 3.63) is 39.9 Å². The number of ether oxygens (including phenoxy) is 1. The lowest BCUT2D eigenvalue weighted by atomic mass is 10.1. The number of nitro benzene ring substituents is 1. The Kier molecular flexibility index (Phi) is 3.96. The molecular formula is C10H11NO5. The molecule has 16 heavy (non-hydrogen) atoms. The summed E-state index contributed by atoms with van der Waals surface area (Å²) in [6.45, 7) is 0. The molecule has 0 aliphatic rings. The number of hydrogen-bond donors (Lipinski definition) is 1. The summed E-state index contributed by atoms with van der Waals surface area (Å²) in [6.07, 6.45) is -1.31. The van der Waals surface area contributed by atoms with Crippen LogP contribution in [-0.4, -0.2) is 23.1 Å². The monoisotopic (exact) mass is 225 g/mol. The van der Waals surface area contributed by atoms with E-state index in [0.717, 1.165) is 0 Å². The topological polar surface area (TPSA) is 89.7 Å². The van der Waals surface area contributed by atoms with E-state index in [0.29, 0.717) is 5.56 Å². The number of nitrogens with zero attached hydrogens (tertiary/aromatic N) is 1. The summed E-state index contributed by atoms with van der Waals surface area (Å²) < 4.78 is 4.39. The Labute approximate surface area is 91.6 Å². The summed E-state index contributed by atoms with van der Waals surface area (Å²) in [4.78, 5) is 20.8. The maximum absolute atomic E-state index is 10.9. The number of nitro groups is 1. The molecule has 0 unspecified atom stereocenters. The van der Waals surface area contributed by atoms with Crippen LogP contribution in [0.3, 0.4) is 0 Å². The molecule has 0 amide bonds. The summed E-state index contributed by atoms with van der Waals surface area (Å²) in [6, 6.07) is 5.51. The van der Waals surface area contributed by atoms with Crippen molar-refractivity contribution in [3.8, 4) is 0 Å². The molecule has 86 valence electrons. The van der Waals surface area contributed by atoms with E-state index in [4.69, 9.17) is 0 Å². The fourth-order valence-corrected chi connectivity index (χ4v) is 1.20. The van der Waals surface area contributed by atoms with Gasteiger partial charge in [-0.1, -0.05) is 12.1 Å². The number of aliphatic hydroxyl groups is 1. The van der Waals surface area contributed by atoms with Gasteiger partial charge in [-0.05, 0) is 5.56 Å². The van der Waals surface area contributed by atoms with Gasteiger partial charge >= 0.3 is 5.97 Å². The molecule has 1 aromatic carbocycles. The molecule has 0 saturated carbocycles. The third-order valence-electron chi connectivity index (χ3n) is 2.05. The normalized spacial score (nSPS) is 11.9. The average Bonchev–Trinajstić information content (AvgIpc) is 2.28. The minimum atomic E-state index is -1.09. The van der Waals surface area contributed by atoms with Crippen LogP contribution in [0.25, 0.3) is 0 Å². The van der Waals surface area contributed by atoms with Crippen LogP contribution in [0.1, 0.15) is 18.1 Å². The summed E-state index contributed by atoms with van der Waals surface area (Å²) in [5, 5.41) is 20.1. The van der Waals surface area contributed by atoms with Crippen molar-refractivity contribution >= 4 is 11.7 Å². The molecule has 0 aromatic heterocycles. The van der Waals surface area contributed by atoms with Crippen LogP contribution in [0.15, 0.2) is 24.3 Å². The summed E-state index contributed by atoms with van der Waals surface area (Å²) >= 11 is 0.